The quantitative estimate of drug-likeness (QED) is 0.682. The molecule has 0 aromatic rings. The Hall–Kier alpha value is -0.920. The first-order valence-electron chi connectivity index (χ1n) is 7.43. The van der Waals surface area contributed by atoms with Crippen molar-refractivity contribution in [1.82, 2.24) is 13.9 Å². The van der Waals surface area contributed by atoms with E-state index in [2.05, 4.69) is 10.8 Å². The Bertz CT molecular complexity index is 472. The fourth-order valence-corrected chi connectivity index (χ4v) is 2.88. The minimum atomic E-state index is -3.42. The van der Waals surface area contributed by atoms with Crippen LogP contribution in [0, 0.1) is 0 Å². The number of nitrogens with zero attached hydrogens (tertiary/aromatic N) is 2. The molecule has 0 aromatic carbocycles. The Morgan fingerprint density at radius 1 is 1.29 bits per heavy atom. The average Bonchev–Trinajstić information content (AvgIpc) is 2.43. The van der Waals surface area contributed by atoms with Crippen molar-refractivity contribution in [2.45, 2.75) is 39.0 Å². The lowest BCUT2D eigenvalue weighted by molar-refractivity contribution is -0.128. The second-order valence-corrected chi connectivity index (χ2v) is 7.52. The van der Waals surface area contributed by atoms with Crippen LogP contribution in [0.3, 0.4) is 0 Å². The number of amides is 1. The Morgan fingerprint density at radius 3 is 2.52 bits per heavy atom. The summed E-state index contributed by atoms with van der Waals surface area (Å²) in [4.78, 5) is 13.3. The third-order valence-corrected chi connectivity index (χ3v) is 5.21. The molecule has 0 radical (unpaired) electrons. The van der Waals surface area contributed by atoms with Crippen LogP contribution < -0.4 is 4.72 Å². The molecule has 1 aliphatic rings. The minimum absolute atomic E-state index is 0.0181. The average molecular weight is 317 g/mol. The van der Waals surface area contributed by atoms with E-state index >= 15 is 0 Å². The molecule has 0 aromatic heterocycles. The summed E-state index contributed by atoms with van der Waals surface area (Å²) in [6.07, 6.45) is 7.91. The normalized spacial score (nSPS) is 15.9. The highest BCUT2D eigenvalue weighted by atomic mass is 32.2. The third-order valence-electron chi connectivity index (χ3n) is 3.68. The molecule has 1 aliphatic carbocycles. The van der Waals surface area contributed by atoms with E-state index in [1.807, 2.05) is 0 Å². The molecule has 6 nitrogen and oxygen atoms in total. The first-order chi connectivity index (χ1) is 9.83. The van der Waals surface area contributed by atoms with Crippen molar-refractivity contribution >= 4 is 16.1 Å². The highest BCUT2D eigenvalue weighted by Crippen LogP contribution is 2.20. The molecule has 1 N–H and O–H groups in total. The highest BCUT2D eigenvalue weighted by molar-refractivity contribution is 7.87. The Balaban J connectivity index is 2.40. The van der Waals surface area contributed by atoms with Crippen LogP contribution in [0.2, 0.25) is 0 Å². The van der Waals surface area contributed by atoms with Crippen molar-refractivity contribution < 1.29 is 13.2 Å². The van der Waals surface area contributed by atoms with Crippen LogP contribution >= 0.6 is 0 Å². The second kappa shape index (κ2) is 8.51. The second-order valence-electron chi connectivity index (χ2n) is 5.55. The van der Waals surface area contributed by atoms with Gasteiger partial charge in [0.2, 0.25) is 5.91 Å². The summed E-state index contributed by atoms with van der Waals surface area (Å²) >= 11 is 0. The maximum atomic E-state index is 11.6. The van der Waals surface area contributed by atoms with Crippen LogP contribution in [0.15, 0.2) is 11.6 Å². The predicted molar refractivity (Wildman–Crippen MR) is 84.0 cm³/mol. The fourth-order valence-electron chi connectivity index (χ4n) is 2.28. The lowest BCUT2D eigenvalue weighted by Gasteiger charge is -2.23. The van der Waals surface area contributed by atoms with Gasteiger partial charge in [-0.3, -0.25) is 4.79 Å². The van der Waals surface area contributed by atoms with Gasteiger partial charge in [-0.1, -0.05) is 11.6 Å². The molecule has 0 spiro atoms. The number of carbonyl (C=O) groups excluding carboxylic acids is 1. The fraction of sp³-hybridized carbons (Fsp3) is 0.786. The standard InChI is InChI=1S/C14H27N3O3S/c1-13(18)17(11-9-14-7-5-4-6-8-14)12-10-15-21(19,20)16(2)3/h7,15H,4-6,8-12H2,1-3H3. The summed E-state index contributed by atoms with van der Waals surface area (Å²) in [7, 11) is -0.475. The van der Waals surface area contributed by atoms with Gasteiger partial charge < -0.3 is 4.90 Å². The zero-order valence-electron chi connectivity index (χ0n) is 13.3. The van der Waals surface area contributed by atoms with Crippen molar-refractivity contribution in [3.63, 3.8) is 0 Å². The SMILES string of the molecule is CC(=O)N(CCNS(=O)(=O)N(C)C)CCC1=CCCCC1. The van der Waals surface area contributed by atoms with Gasteiger partial charge in [0.1, 0.15) is 0 Å². The predicted octanol–water partition coefficient (Wildman–Crippen LogP) is 1.12. The van der Waals surface area contributed by atoms with Crippen molar-refractivity contribution in [1.29, 1.82) is 0 Å². The van der Waals surface area contributed by atoms with Gasteiger partial charge in [-0.15, -0.1) is 0 Å². The van der Waals surface area contributed by atoms with E-state index < -0.39 is 10.2 Å². The molecule has 1 amide bonds. The van der Waals surface area contributed by atoms with Gasteiger partial charge >= 0.3 is 0 Å². The molecule has 0 saturated heterocycles. The molecule has 21 heavy (non-hydrogen) atoms. The van der Waals surface area contributed by atoms with Gasteiger partial charge in [0.25, 0.3) is 10.2 Å². The van der Waals surface area contributed by atoms with E-state index in [-0.39, 0.29) is 12.5 Å². The maximum Gasteiger partial charge on any atom is 0.278 e. The van der Waals surface area contributed by atoms with Crippen LogP contribution in [-0.4, -0.2) is 57.3 Å². The zero-order valence-corrected chi connectivity index (χ0v) is 14.1. The number of rotatable bonds is 8. The summed E-state index contributed by atoms with van der Waals surface area (Å²) < 4.78 is 26.8. The van der Waals surface area contributed by atoms with E-state index in [0.717, 1.165) is 23.6 Å². The zero-order chi connectivity index (χ0) is 15.9. The van der Waals surface area contributed by atoms with Gasteiger partial charge in [-0.05, 0) is 32.1 Å². The van der Waals surface area contributed by atoms with Crippen molar-refractivity contribution in [3.8, 4) is 0 Å². The number of carbonyl (C=O) groups is 1. The van der Waals surface area contributed by atoms with E-state index in [0.29, 0.717) is 13.1 Å². The molecule has 0 aliphatic heterocycles. The molecule has 0 bridgehead atoms. The topological polar surface area (TPSA) is 69.7 Å². The summed E-state index contributed by atoms with van der Waals surface area (Å²) in [6.45, 7) is 2.81. The van der Waals surface area contributed by atoms with Crippen LogP contribution in [-0.2, 0) is 15.0 Å². The van der Waals surface area contributed by atoms with Gasteiger partial charge in [-0.2, -0.15) is 12.7 Å². The molecule has 122 valence electrons. The molecule has 0 fully saturated rings. The smallest absolute Gasteiger partial charge is 0.278 e. The molecular weight excluding hydrogens is 290 g/mol. The van der Waals surface area contributed by atoms with E-state index in [9.17, 15) is 13.2 Å². The molecular formula is C14H27N3O3S. The van der Waals surface area contributed by atoms with Gasteiger partial charge in [0, 0.05) is 40.7 Å². The first-order valence-corrected chi connectivity index (χ1v) is 8.87. The van der Waals surface area contributed by atoms with Crippen LogP contribution in [0.4, 0.5) is 0 Å². The van der Waals surface area contributed by atoms with Gasteiger partial charge in [0.05, 0.1) is 0 Å². The van der Waals surface area contributed by atoms with Gasteiger partial charge in [-0.25, -0.2) is 4.72 Å². The molecule has 0 atom stereocenters. The molecule has 7 heteroatoms. The third kappa shape index (κ3) is 6.58. The summed E-state index contributed by atoms with van der Waals surface area (Å²) in [5, 5.41) is 0. The van der Waals surface area contributed by atoms with E-state index in [4.69, 9.17) is 0 Å². The Morgan fingerprint density at radius 2 is 2.00 bits per heavy atom. The van der Waals surface area contributed by atoms with Crippen LogP contribution in [0.5, 0.6) is 0 Å². The van der Waals surface area contributed by atoms with E-state index in [1.165, 1.54) is 39.4 Å². The lowest BCUT2D eigenvalue weighted by atomic mass is 9.97. The number of allylic oxidation sites excluding steroid dienone is 1. The van der Waals surface area contributed by atoms with E-state index in [1.54, 1.807) is 4.90 Å². The Kier molecular flexibility index (Phi) is 7.34. The highest BCUT2D eigenvalue weighted by Gasteiger charge is 2.15. The van der Waals surface area contributed by atoms with Crippen LogP contribution in [0.1, 0.15) is 39.0 Å². The summed E-state index contributed by atoms with van der Waals surface area (Å²) in [5.74, 6) is -0.0181. The van der Waals surface area contributed by atoms with Crippen molar-refractivity contribution in [3.05, 3.63) is 11.6 Å². The number of hydrogen-bond acceptors (Lipinski definition) is 3. The molecule has 1 rings (SSSR count). The first kappa shape index (κ1) is 18.1. The number of hydrogen-bond donors (Lipinski definition) is 1. The molecule has 0 unspecified atom stereocenters. The minimum Gasteiger partial charge on any atom is -0.341 e. The lowest BCUT2D eigenvalue weighted by Crippen LogP contribution is -2.41. The summed E-state index contributed by atoms with van der Waals surface area (Å²) in [5.41, 5.74) is 1.42. The van der Waals surface area contributed by atoms with Crippen LogP contribution in [0.25, 0.3) is 0 Å². The monoisotopic (exact) mass is 317 g/mol. The van der Waals surface area contributed by atoms with Crippen molar-refractivity contribution in [2.75, 3.05) is 33.7 Å². The number of nitrogens with one attached hydrogen (secondary N) is 1. The summed E-state index contributed by atoms with van der Waals surface area (Å²) in [6, 6.07) is 0. The van der Waals surface area contributed by atoms with Crippen molar-refractivity contribution in [2.24, 2.45) is 0 Å². The molecule has 0 heterocycles. The molecule has 0 saturated carbocycles. The largest absolute Gasteiger partial charge is 0.341 e. The van der Waals surface area contributed by atoms with Gasteiger partial charge in [0.15, 0.2) is 0 Å². The maximum absolute atomic E-state index is 11.6. The Labute approximate surface area is 128 Å².